The maximum atomic E-state index is 13.0. The number of amides is 2. The lowest BCUT2D eigenvalue weighted by atomic mass is 10.1. The zero-order valence-electron chi connectivity index (χ0n) is 19.7. The lowest BCUT2D eigenvalue weighted by Crippen LogP contribution is -2.40. The third kappa shape index (κ3) is 7.30. The first-order valence-corrected chi connectivity index (χ1v) is 13.2. The molecule has 0 saturated heterocycles. The number of carbonyl (C=O) groups excluding carboxylic acids is 1. The molecule has 0 aliphatic carbocycles. The summed E-state index contributed by atoms with van der Waals surface area (Å²) in [5.41, 5.74) is -0.161. The molecule has 1 atom stereocenters. The van der Waals surface area contributed by atoms with Crippen molar-refractivity contribution < 1.29 is 30.6 Å². The molecule has 37 heavy (non-hydrogen) atoms. The molecule has 198 valence electrons. The number of urea groups is 1. The molecule has 0 fully saturated rings. The van der Waals surface area contributed by atoms with Gasteiger partial charge in [-0.15, -0.1) is 0 Å². The highest BCUT2D eigenvalue weighted by Crippen LogP contribution is 2.32. The number of hydrogen-bond donors (Lipinski definition) is 1. The van der Waals surface area contributed by atoms with Crippen LogP contribution in [0, 0.1) is 0 Å². The zero-order valence-corrected chi connectivity index (χ0v) is 22.0. The van der Waals surface area contributed by atoms with Gasteiger partial charge in [-0.1, -0.05) is 54.4 Å². The molecular formula is C25H23Cl2F3N2O4S. The number of rotatable bonds is 8. The maximum Gasteiger partial charge on any atom is 0.416 e. The van der Waals surface area contributed by atoms with Gasteiger partial charge >= 0.3 is 22.3 Å². The topological polar surface area (TPSA) is 75.7 Å². The summed E-state index contributed by atoms with van der Waals surface area (Å²) < 4.78 is 68.9. The second-order valence-electron chi connectivity index (χ2n) is 8.12. The Kier molecular flexibility index (Phi) is 8.99. The van der Waals surface area contributed by atoms with E-state index in [9.17, 15) is 26.4 Å². The van der Waals surface area contributed by atoms with Crippen LogP contribution >= 0.6 is 23.2 Å². The van der Waals surface area contributed by atoms with Crippen LogP contribution in [-0.2, 0) is 22.8 Å². The number of para-hydroxylation sites is 1. The highest BCUT2D eigenvalue weighted by molar-refractivity contribution is 7.87. The van der Waals surface area contributed by atoms with Crippen molar-refractivity contribution in [2.45, 2.75) is 43.9 Å². The summed E-state index contributed by atoms with van der Waals surface area (Å²) in [6.45, 7) is 3.96. The smallest absolute Gasteiger partial charge is 0.379 e. The van der Waals surface area contributed by atoms with Gasteiger partial charge in [0.05, 0.1) is 21.3 Å². The van der Waals surface area contributed by atoms with Crippen LogP contribution in [-0.4, -0.2) is 25.4 Å². The minimum atomic E-state index is -4.70. The Hall–Kier alpha value is -2.95. The van der Waals surface area contributed by atoms with E-state index in [1.807, 2.05) is 13.8 Å². The molecule has 0 heterocycles. The van der Waals surface area contributed by atoms with Crippen molar-refractivity contribution >= 4 is 45.0 Å². The first kappa shape index (κ1) is 28.6. The average Bonchev–Trinajstić information content (AvgIpc) is 2.84. The van der Waals surface area contributed by atoms with Crippen molar-refractivity contribution in [2.75, 3.05) is 5.32 Å². The predicted octanol–water partition coefficient (Wildman–Crippen LogP) is 7.61. The minimum absolute atomic E-state index is 0.0939. The maximum absolute atomic E-state index is 13.0. The van der Waals surface area contributed by atoms with Gasteiger partial charge in [-0.25, -0.2) is 4.79 Å². The molecule has 6 nitrogen and oxygen atoms in total. The van der Waals surface area contributed by atoms with Gasteiger partial charge in [0.15, 0.2) is 0 Å². The molecule has 12 heteroatoms. The van der Waals surface area contributed by atoms with E-state index in [1.165, 1.54) is 12.1 Å². The van der Waals surface area contributed by atoms with Crippen LogP contribution in [0.4, 0.5) is 23.7 Å². The molecule has 0 spiro atoms. The Morgan fingerprint density at radius 3 is 2.19 bits per heavy atom. The van der Waals surface area contributed by atoms with Gasteiger partial charge in [0.25, 0.3) is 0 Å². The molecule has 1 N–H and O–H groups in total. The van der Waals surface area contributed by atoms with E-state index in [-0.39, 0.29) is 34.1 Å². The van der Waals surface area contributed by atoms with Gasteiger partial charge in [0.2, 0.25) is 0 Å². The summed E-state index contributed by atoms with van der Waals surface area (Å²) in [4.78, 5) is 14.0. The van der Waals surface area contributed by atoms with E-state index in [1.54, 1.807) is 35.2 Å². The van der Waals surface area contributed by atoms with E-state index < -0.39 is 32.8 Å². The fourth-order valence-corrected chi connectivity index (χ4v) is 4.76. The second kappa shape index (κ2) is 11.6. The fraction of sp³-hybridized carbons (Fsp3) is 0.240. The van der Waals surface area contributed by atoms with E-state index in [0.717, 1.165) is 18.2 Å². The molecule has 0 aromatic heterocycles. The summed E-state index contributed by atoms with van der Waals surface area (Å²) in [6, 6.07) is 13.4. The summed E-state index contributed by atoms with van der Waals surface area (Å²) in [6.07, 6.45) is -4.04. The van der Waals surface area contributed by atoms with Crippen LogP contribution < -0.4 is 9.50 Å². The number of halogens is 5. The van der Waals surface area contributed by atoms with Gasteiger partial charge < -0.3 is 14.4 Å². The quantitative estimate of drug-likeness (QED) is 0.281. The fourth-order valence-electron chi connectivity index (χ4n) is 3.29. The average molecular weight is 575 g/mol. The second-order valence-corrected chi connectivity index (χ2v) is 10.5. The van der Waals surface area contributed by atoms with Gasteiger partial charge in [0.1, 0.15) is 10.6 Å². The summed E-state index contributed by atoms with van der Waals surface area (Å²) in [7, 11) is -4.51. The summed E-state index contributed by atoms with van der Waals surface area (Å²) in [5.74, 6) is -0.0939. The standard InChI is InChI=1S/C25H23Cl2F3N2O4S/c1-3-16(2)32(24(33)31-23-21(26)8-5-9-22(23)27)15-17-10-12-19(13-11-17)36-37(34,35)20-7-4-6-18(14-20)25(28,29)30/h4-14,16H,3,15H2,1-2H3,(H,31,33). The highest BCUT2D eigenvalue weighted by Gasteiger charge is 2.32. The number of alkyl halides is 3. The van der Waals surface area contributed by atoms with Crippen LogP contribution in [0.15, 0.2) is 71.6 Å². The van der Waals surface area contributed by atoms with Crippen molar-refractivity contribution in [3.05, 3.63) is 87.9 Å². The van der Waals surface area contributed by atoms with Crippen molar-refractivity contribution in [2.24, 2.45) is 0 Å². The number of nitrogens with one attached hydrogen (secondary N) is 1. The van der Waals surface area contributed by atoms with E-state index >= 15 is 0 Å². The molecule has 3 aromatic rings. The number of anilines is 1. The molecule has 0 radical (unpaired) electrons. The monoisotopic (exact) mass is 574 g/mol. The molecule has 1 unspecified atom stereocenters. The van der Waals surface area contributed by atoms with Crippen LogP contribution in [0.1, 0.15) is 31.4 Å². The predicted molar refractivity (Wildman–Crippen MR) is 136 cm³/mol. The lowest BCUT2D eigenvalue weighted by molar-refractivity contribution is -0.137. The van der Waals surface area contributed by atoms with Gasteiger partial charge in [-0.05, 0) is 61.4 Å². The Morgan fingerprint density at radius 1 is 1.03 bits per heavy atom. The molecule has 0 aliphatic rings. The Balaban J connectivity index is 1.76. The molecule has 0 saturated carbocycles. The molecule has 0 aliphatic heterocycles. The van der Waals surface area contributed by atoms with Crippen LogP contribution in [0.2, 0.25) is 10.0 Å². The van der Waals surface area contributed by atoms with Crippen LogP contribution in [0.5, 0.6) is 5.75 Å². The Morgan fingerprint density at radius 2 is 1.62 bits per heavy atom. The zero-order chi connectivity index (χ0) is 27.4. The Labute approximate surface area is 223 Å². The van der Waals surface area contributed by atoms with Gasteiger partial charge in [0, 0.05) is 12.6 Å². The minimum Gasteiger partial charge on any atom is -0.379 e. The Bertz CT molecular complexity index is 1350. The summed E-state index contributed by atoms with van der Waals surface area (Å²) in [5, 5.41) is 3.30. The van der Waals surface area contributed by atoms with E-state index in [4.69, 9.17) is 27.4 Å². The van der Waals surface area contributed by atoms with Crippen LogP contribution in [0.25, 0.3) is 0 Å². The van der Waals surface area contributed by atoms with Crippen molar-refractivity contribution in [3.63, 3.8) is 0 Å². The van der Waals surface area contributed by atoms with Gasteiger partial charge in [-0.2, -0.15) is 21.6 Å². The molecular weight excluding hydrogens is 552 g/mol. The molecule has 2 amide bonds. The largest absolute Gasteiger partial charge is 0.416 e. The van der Waals surface area contributed by atoms with Crippen molar-refractivity contribution in [1.82, 2.24) is 4.90 Å². The van der Waals surface area contributed by atoms with Crippen LogP contribution in [0.3, 0.4) is 0 Å². The van der Waals surface area contributed by atoms with E-state index in [0.29, 0.717) is 18.1 Å². The number of carbonyl (C=O) groups is 1. The third-order valence-electron chi connectivity index (χ3n) is 5.51. The number of nitrogens with zero attached hydrogens (tertiary/aromatic N) is 1. The van der Waals surface area contributed by atoms with Crippen molar-refractivity contribution in [1.29, 1.82) is 0 Å². The number of hydrogen-bond acceptors (Lipinski definition) is 4. The lowest BCUT2D eigenvalue weighted by Gasteiger charge is -2.29. The molecule has 0 bridgehead atoms. The SMILES string of the molecule is CCC(C)N(Cc1ccc(OS(=O)(=O)c2cccc(C(F)(F)F)c2)cc1)C(=O)Nc1c(Cl)cccc1Cl. The molecule has 3 rings (SSSR count). The third-order valence-corrected chi connectivity index (χ3v) is 7.38. The highest BCUT2D eigenvalue weighted by atomic mass is 35.5. The van der Waals surface area contributed by atoms with Crippen molar-refractivity contribution in [3.8, 4) is 5.75 Å². The first-order valence-electron chi connectivity index (χ1n) is 11.0. The van der Waals surface area contributed by atoms with Gasteiger partial charge in [-0.3, -0.25) is 0 Å². The summed E-state index contributed by atoms with van der Waals surface area (Å²) >= 11 is 12.3. The normalized spacial score (nSPS) is 12.6. The molecule has 3 aromatic carbocycles. The number of benzene rings is 3. The van der Waals surface area contributed by atoms with E-state index in [2.05, 4.69) is 5.32 Å². The first-order chi connectivity index (χ1) is 17.3.